The van der Waals surface area contributed by atoms with Crippen molar-refractivity contribution >= 4 is 5.91 Å². The van der Waals surface area contributed by atoms with Gasteiger partial charge in [-0.05, 0) is 13.8 Å². The lowest BCUT2D eigenvalue weighted by Crippen LogP contribution is -2.42. The third kappa shape index (κ3) is 6.10. The van der Waals surface area contributed by atoms with Crippen molar-refractivity contribution in [2.75, 3.05) is 20.2 Å². The van der Waals surface area contributed by atoms with Crippen molar-refractivity contribution in [3.05, 3.63) is 0 Å². The van der Waals surface area contributed by atoms with E-state index in [1.165, 1.54) is 0 Å². The largest absolute Gasteiger partial charge is 0.377 e. The van der Waals surface area contributed by atoms with Crippen LogP contribution in [0.5, 0.6) is 0 Å². The molecule has 0 saturated heterocycles. The van der Waals surface area contributed by atoms with Crippen LogP contribution in [0.2, 0.25) is 0 Å². The smallest absolute Gasteiger partial charge is 0.240 e. The number of hydrogen-bond donors (Lipinski definition) is 1. The van der Waals surface area contributed by atoms with E-state index >= 15 is 0 Å². The third-order valence-corrected chi connectivity index (χ3v) is 1.91. The van der Waals surface area contributed by atoms with Crippen LogP contribution in [-0.4, -0.2) is 43.2 Å². The Labute approximate surface area is 91.8 Å². The number of rotatable bonds is 6. The van der Waals surface area contributed by atoms with E-state index < -0.39 is 6.04 Å². The summed E-state index contributed by atoms with van der Waals surface area (Å²) in [5.74, 6) is 2.24. The summed E-state index contributed by atoms with van der Waals surface area (Å²) in [6.45, 7) is 4.95. The Balaban J connectivity index is 3.84. The fourth-order valence-corrected chi connectivity index (χ4v) is 1.03. The number of nitrogens with zero attached hydrogens (tertiary/aromatic N) is 1. The molecule has 1 atom stereocenters. The first-order valence-corrected chi connectivity index (χ1v) is 5.04. The predicted molar refractivity (Wildman–Crippen MR) is 60.2 cm³/mol. The van der Waals surface area contributed by atoms with Crippen LogP contribution < -0.4 is 5.73 Å². The predicted octanol–water partition coefficient (Wildman–Crippen LogP) is 0.220. The molecule has 0 heterocycles. The molecule has 0 aliphatic carbocycles. The average Bonchev–Trinajstić information content (AvgIpc) is 2.16. The van der Waals surface area contributed by atoms with E-state index in [1.807, 2.05) is 13.8 Å². The second-order valence-corrected chi connectivity index (χ2v) is 3.69. The van der Waals surface area contributed by atoms with E-state index in [0.717, 1.165) is 0 Å². The van der Waals surface area contributed by atoms with Crippen LogP contribution >= 0.6 is 0 Å². The van der Waals surface area contributed by atoms with Crippen molar-refractivity contribution in [3.8, 4) is 12.3 Å². The molecule has 0 fully saturated rings. The molecule has 0 aromatic heterocycles. The van der Waals surface area contributed by atoms with Gasteiger partial charge in [0, 0.05) is 20.0 Å². The molecule has 0 bridgehead atoms. The number of ether oxygens (including phenoxy) is 1. The van der Waals surface area contributed by atoms with E-state index in [-0.39, 0.29) is 18.4 Å². The highest BCUT2D eigenvalue weighted by Gasteiger charge is 2.16. The number of terminal acetylenes is 1. The Kier molecular flexibility index (Phi) is 6.76. The normalized spacial score (nSPS) is 12.3. The zero-order chi connectivity index (χ0) is 11.8. The fraction of sp³-hybridized carbons (Fsp3) is 0.727. The van der Waals surface area contributed by atoms with Crippen LogP contribution in [0, 0.1) is 12.3 Å². The summed E-state index contributed by atoms with van der Waals surface area (Å²) in [6.07, 6.45) is 5.53. The lowest BCUT2D eigenvalue weighted by Gasteiger charge is -2.20. The maximum absolute atomic E-state index is 11.6. The highest BCUT2D eigenvalue weighted by Crippen LogP contribution is 1.95. The standard InChI is InChI=1S/C11H20N2O2/c1-5-6-10(12)11(14)13(4)7-8-15-9(2)3/h1,9-10H,6-8,12H2,2-4H3. The zero-order valence-corrected chi connectivity index (χ0v) is 9.69. The highest BCUT2D eigenvalue weighted by atomic mass is 16.5. The maximum Gasteiger partial charge on any atom is 0.240 e. The Morgan fingerprint density at radius 2 is 2.20 bits per heavy atom. The first-order chi connectivity index (χ1) is 6.99. The summed E-state index contributed by atoms with van der Waals surface area (Å²) in [4.78, 5) is 13.1. The van der Waals surface area contributed by atoms with E-state index in [1.54, 1.807) is 11.9 Å². The quantitative estimate of drug-likeness (QED) is 0.641. The van der Waals surface area contributed by atoms with Gasteiger partial charge in [-0.1, -0.05) is 0 Å². The minimum Gasteiger partial charge on any atom is -0.377 e. The molecule has 0 rings (SSSR count). The number of hydrogen-bond acceptors (Lipinski definition) is 3. The van der Waals surface area contributed by atoms with Gasteiger partial charge >= 0.3 is 0 Å². The summed E-state index contributed by atoms with van der Waals surface area (Å²) in [6, 6.07) is -0.598. The van der Waals surface area contributed by atoms with Crippen molar-refractivity contribution in [3.63, 3.8) is 0 Å². The minimum atomic E-state index is -0.598. The number of amides is 1. The second kappa shape index (κ2) is 7.27. The molecule has 1 amide bonds. The molecule has 0 aromatic carbocycles. The van der Waals surface area contributed by atoms with Crippen molar-refractivity contribution < 1.29 is 9.53 Å². The fourth-order valence-electron chi connectivity index (χ4n) is 1.03. The van der Waals surface area contributed by atoms with Gasteiger partial charge in [-0.15, -0.1) is 12.3 Å². The molecule has 0 aliphatic heterocycles. The number of carbonyl (C=O) groups excluding carboxylic acids is 1. The van der Waals surface area contributed by atoms with Crippen molar-refractivity contribution in [1.29, 1.82) is 0 Å². The topological polar surface area (TPSA) is 55.6 Å². The molecule has 0 saturated carbocycles. The molecule has 4 nitrogen and oxygen atoms in total. The zero-order valence-electron chi connectivity index (χ0n) is 9.69. The van der Waals surface area contributed by atoms with Crippen LogP contribution in [0.15, 0.2) is 0 Å². The van der Waals surface area contributed by atoms with Crippen LogP contribution in [0.1, 0.15) is 20.3 Å². The SMILES string of the molecule is C#CCC(N)C(=O)N(C)CCOC(C)C. The van der Waals surface area contributed by atoms with Crippen molar-refractivity contribution in [2.45, 2.75) is 32.4 Å². The van der Waals surface area contributed by atoms with Crippen LogP contribution in [0.3, 0.4) is 0 Å². The molecule has 0 radical (unpaired) electrons. The van der Waals surface area contributed by atoms with Gasteiger partial charge < -0.3 is 15.4 Å². The van der Waals surface area contributed by atoms with Gasteiger partial charge in [0.05, 0.1) is 18.8 Å². The van der Waals surface area contributed by atoms with Crippen molar-refractivity contribution in [1.82, 2.24) is 4.90 Å². The molecule has 1 unspecified atom stereocenters. The van der Waals surface area contributed by atoms with E-state index in [2.05, 4.69) is 5.92 Å². The Morgan fingerprint density at radius 3 is 2.67 bits per heavy atom. The van der Waals surface area contributed by atoms with E-state index in [9.17, 15) is 4.79 Å². The maximum atomic E-state index is 11.6. The van der Waals surface area contributed by atoms with E-state index in [4.69, 9.17) is 16.9 Å². The molecule has 0 spiro atoms. The Hall–Kier alpha value is -1.05. The van der Waals surface area contributed by atoms with Crippen molar-refractivity contribution in [2.24, 2.45) is 5.73 Å². The van der Waals surface area contributed by atoms with Gasteiger partial charge in [0.2, 0.25) is 5.91 Å². The summed E-state index contributed by atoms with van der Waals surface area (Å²) < 4.78 is 5.33. The first-order valence-electron chi connectivity index (χ1n) is 5.04. The summed E-state index contributed by atoms with van der Waals surface area (Å²) in [5.41, 5.74) is 5.59. The van der Waals surface area contributed by atoms with Crippen LogP contribution in [0.4, 0.5) is 0 Å². The monoisotopic (exact) mass is 212 g/mol. The lowest BCUT2D eigenvalue weighted by molar-refractivity contribution is -0.132. The lowest BCUT2D eigenvalue weighted by atomic mass is 10.2. The summed E-state index contributed by atoms with van der Waals surface area (Å²) >= 11 is 0. The molecule has 2 N–H and O–H groups in total. The van der Waals surface area contributed by atoms with Crippen LogP contribution in [0.25, 0.3) is 0 Å². The second-order valence-electron chi connectivity index (χ2n) is 3.69. The van der Waals surface area contributed by atoms with Gasteiger partial charge in [-0.25, -0.2) is 0 Å². The molecule has 0 aliphatic rings. The summed E-state index contributed by atoms with van der Waals surface area (Å²) in [5, 5.41) is 0. The average molecular weight is 212 g/mol. The van der Waals surface area contributed by atoms with Gasteiger partial charge in [0.25, 0.3) is 0 Å². The Morgan fingerprint density at radius 1 is 1.60 bits per heavy atom. The molecule has 0 aromatic rings. The summed E-state index contributed by atoms with van der Waals surface area (Å²) in [7, 11) is 1.70. The van der Waals surface area contributed by atoms with Gasteiger partial charge in [-0.3, -0.25) is 4.79 Å². The number of likely N-dealkylation sites (N-methyl/N-ethyl adjacent to an activating group) is 1. The molecule has 86 valence electrons. The molecular weight excluding hydrogens is 192 g/mol. The van der Waals surface area contributed by atoms with Gasteiger partial charge in [0.15, 0.2) is 0 Å². The van der Waals surface area contributed by atoms with Crippen LogP contribution in [-0.2, 0) is 9.53 Å². The number of nitrogens with two attached hydrogens (primary N) is 1. The molecule has 4 heteroatoms. The third-order valence-electron chi connectivity index (χ3n) is 1.91. The minimum absolute atomic E-state index is 0.139. The Bertz CT molecular complexity index is 233. The van der Waals surface area contributed by atoms with Gasteiger partial charge in [-0.2, -0.15) is 0 Å². The highest BCUT2D eigenvalue weighted by molar-refractivity contribution is 5.81. The molecule has 15 heavy (non-hydrogen) atoms. The van der Waals surface area contributed by atoms with Gasteiger partial charge in [0.1, 0.15) is 0 Å². The number of carbonyl (C=O) groups is 1. The first kappa shape index (κ1) is 13.9. The molecular formula is C11H20N2O2. The van der Waals surface area contributed by atoms with E-state index in [0.29, 0.717) is 13.2 Å².